The van der Waals surface area contributed by atoms with Crippen LogP contribution in [0.15, 0.2) is 70.4 Å². The molecule has 35 heavy (non-hydrogen) atoms. The molecular formula is C27H26N6O2. The Bertz CT molecular complexity index is 1450. The molecule has 0 saturated carbocycles. The Hall–Kier alpha value is -4.51. The van der Waals surface area contributed by atoms with Gasteiger partial charge < -0.3 is 16.0 Å². The van der Waals surface area contributed by atoms with Gasteiger partial charge in [-0.15, -0.1) is 0 Å². The maximum atomic E-state index is 12.2. The van der Waals surface area contributed by atoms with Gasteiger partial charge in [0.05, 0.1) is 11.6 Å². The Morgan fingerprint density at radius 1 is 0.857 bits per heavy atom. The summed E-state index contributed by atoms with van der Waals surface area (Å²) in [7, 11) is 0. The van der Waals surface area contributed by atoms with Crippen LogP contribution in [0.4, 0.5) is 28.8 Å². The van der Waals surface area contributed by atoms with E-state index in [9.17, 15) is 9.59 Å². The fourth-order valence-corrected chi connectivity index (χ4v) is 3.31. The normalized spacial score (nSPS) is 12.1. The van der Waals surface area contributed by atoms with Gasteiger partial charge in [0.2, 0.25) is 5.95 Å². The Labute approximate surface area is 203 Å². The molecule has 0 unspecified atom stereocenters. The fourth-order valence-electron chi connectivity index (χ4n) is 3.31. The van der Waals surface area contributed by atoms with Crippen molar-refractivity contribution in [1.82, 2.24) is 9.97 Å². The van der Waals surface area contributed by atoms with E-state index in [0.717, 1.165) is 16.8 Å². The summed E-state index contributed by atoms with van der Waals surface area (Å²) in [5.41, 5.74) is 2.74. The second-order valence-electron chi connectivity index (χ2n) is 9.42. The fraction of sp³-hybridized carbons (Fsp3) is 0.222. The van der Waals surface area contributed by atoms with Gasteiger partial charge >= 0.3 is 0 Å². The lowest BCUT2D eigenvalue weighted by Crippen LogP contribution is -2.41. The highest BCUT2D eigenvalue weighted by Crippen LogP contribution is 2.27. The molecule has 8 nitrogen and oxygen atoms in total. The topological polar surface area (TPSA) is 120 Å². The number of nitriles is 1. The quantitative estimate of drug-likeness (QED) is 0.328. The number of nitrogens with one attached hydrogen (secondary N) is 3. The molecule has 0 aliphatic heterocycles. The third kappa shape index (κ3) is 5.20. The van der Waals surface area contributed by atoms with Crippen LogP contribution in [0, 0.1) is 16.7 Å². The van der Waals surface area contributed by atoms with E-state index in [0.29, 0.717) is 17.3 Å². The van der Waals surface area contributed by atoms with Crippen LogP contribution in [0.25, 0.3) is 11.1 Å². The lowest BCUT2D eigenvalue weighted by molar-refractivity contribution is 0.359. The molecule has 0 aliphatic rings. The highest BCUT2D eigenvalue weighted by atomic mass is 16.2. The molecule has 0 saturated heterocycles. The van der Waals surface area contributed by atoms with Crippen molar-refractivity contribution in [2.75, 3.05) is 16.0 Å². The van der Waals surface area contributed by atoms with Crippen LogP contribution in [0.1, 0.15) is 33.3 Å². The zero-order valence-electron chi connectivity index (χ0n) is 20.0. The molecule has 8 heteroatoms. The van der Waals surface area contributed by atoms with Gasteiger partial charge in [0.1, 0.15) is 17.2 Å². The monoisotopic (exact) mass is 466 g/mol. The van der Waals surface area contributed by atoms with Crippen LogP contribution in [0.3, 0.4) is 0 Å². The lowest BCUT2D eigenvalue weighted by atomic mass is 9.87. The second-order valence-corrected chi connectivity index (χ2v) is 9.42. The van der Waals surface area contributed by atoms with Crippen LogP contribution >= 0.6 is 0 Å². The Morgan fingerprint density at radius 3 is 2.06 bits per heavy atom. The average molecular weight is 467 g/mol. The van der Waals surface area contributed by atoms with E-state index in [4.69, 9.17) is 5.26 Å². The zero-order chi connectivity index (χ0) is 25.2. The van der Waals surface area contributed by atoms with E-state index in [1.807, 2.05) is 43.3 Å². The third-order valence-electron chi connectivity index (χ3n) is 5.97. The van der Waals surface area contributed by atoms with Crippen molar-refractivity contribution in [3.8, 4) is 17.2 Å². The minimum atomic E-state index is -0.569. The van der Waals surface area contributed by atoms with Crippen LogP contribution in [-0.4, -0.2) is 16.0 Å². The molecule has 3 N–H and O–H groups in total. The maximum Gasteiger partial charge on any atom is 0.253 e. The predicted molar refractivity (Wildman–Crippen MR) is 139 cm³/mol. The lowest BCUT2D eigenvalue weighted by Gasteiger charge is -2.30. The Balaban J connectivity index is 1.47. The number of rotatable bonds is 7. The van der Waals surface area contributed by atoms with Gasteiger partial charge in [-0.1, -0.05) is 45.0 Å². The minimum absolute atomic E-state index is 0.0127. The molecule has 4 aromatic rings. The van der Waals surface area contributed by atoms with Gasteiger partial charge in [0, 0.05) is 17.9 Å². The predicted octanol–water partition coefficient (Wildman–Crippen LogP) is 4.94. The SMILES string of the molecule is C[C@@H](Nc1c(Nc2ccnc(Nc3ccc(-c4ccc(C#N)cc4)cc3)n2)c(=O)c1=O)C(C)(C)C. The van der Waals surface area contributed by atoms with Crippen LogP contribution in [0.5, 0.6) is 0 Å². The first-order chi connectivity index (χ1) is 16.7. The standard InChI is InChI=1S/C27H26N6O2/c1-16(27(2,3)4)30-22-23(25(35)24(22)34)32-21-13-14-29-26(33-21)31-20-11-9-19(10-12-20)18-7-5-17(15-28)6-8-18/h5-14,16,30H,1-4H3,(H2,29,31,32,33)/t16-/m1/s1. The minimum Gasteiger partial charge on any atom is -0.377 e. The summed E-state index contributed by atoms with van der Waals surface area (Å²) >= 11 is 0. The molecule has 1 heterocycles. The van der Waals surface area contributed by atoms with Gasteiger partial charge in [0.25, 0.3) is 10.9 Å². The van der Waals surface area contributed by atoms with Crippen molar-refractivity contribution >= 4 is 28.8 Å². The van der Waals surface area contributed by atoms with Crippen molar-refractivity contribution in [1.29, 1.82) is 5.26 Å². The summed E-state index contributed by atoms with van der Waals surface area (Å²) in [6, 6.07) is 18.9. The van der Waals surface area contributed by atoms with E-state index in [-0.39, 0.29) is 22.8 Å². The number of hydrogen-bond acceptors (Lipinski definition) is 8. The molecule has 3 aromatic carbocycles. The molecule has 176 valence electrons. The first-order valence-corrected chi connectivity index (χ1v) is 11.2. The van der Waals surface area contributed by atoms with Gasteiger partial charge in [-0.3, -0.25) is 9.59 Å². The Morgan fingerprint density at radius 2 is 1.46 bits per heavy atom. The number of nitrogens with zero attached hydrogens (tertiary/aromatic N) is 3. The van der Waals surface area contributed by atoms with Crippen LogP contribution in [-0.2, 0) is 0 Å². The highest BCUT2D eigenvalue weighted by Gasteiger charge is 2.27. The summed E-state index contributed by atoms with van der Waals surface area (Å²) < 4.78 is 0. The number of anilines is 5. The van der Waals surface area contributed by atoms with E-state index in [1.54, 1.807) is 24.4 Å². The van der Waals surface area contributed by atoms with Gasteiger partial charge in [-0.25, -0.2) is 4.98 Å². The van der Waals surface area contributed by atoms with E-state index in [2.05, 4.69) is 52.8 Å². The van der Waals surface area contributed by atoms with Crippen molar-refractivity contribution in [2.24, 2.45) is 5.41 Å². The molecule has 0 bridgehead atoms. The Kier molecular flexibility index (Phi) is 6.34. The highest BCUT2D eigenvalue weighted by molar-refractivity contribution is 5.78. The zero-order valence-corrected chi connectivity index (χ0v) is 20.0. The average Bonchev–Trinajstić information content (AvgIpc) is 2.86. The van der Waals surface area contributed by atoms with Gasteiger partial charge in [0.15, 0.2) is 0 Å². The molecule has 1 aromatic heterocycles. The first-order valence-electron chi connectivity index (χ1n) is 11.2. The van der Waals surface area contributed by atoms with Crippen molar-refractivity contribution in [3.05, 3.63) is 86.8 Å². The molecule has 0 fully saturated rings. The maximum absolute atomic E-state index is 12.2. The smallest absolute Gasteiger partial charge is 0.253 e. The molecule has 0 radical (unpaired) electrons. The molecule has 4 rings (SSSR count). The largest absolute Gasteiger partial charge is 0.377 e. The van der Waals surface area contributed by atoms with Crippen molar-refractivity contribution in [2.45, 2.75) is 33.7 Å². The molecule has 0 spiro atoms. The summed E-state index contributed by atoms with van der Waals surface area (Å²) in [6.45, 7) is 8.15. The van der Waals surface area contributed by atoms with Gasteiger partial charge in [-0.2, -0.15) is 10.2 Å². The molecule has 1 atom stereocenters. The van der Waals surface area contributed by atoms with Crippen LogP contribution < -0.4 is 26.8 Å². The van der Waals surface area contributed by atoms with E-state index < -0.39 is 10.9 Å². The molecule has 0 aliphatic carbocycles. The molecular weight excluding hydrogens is 440 g/mol. The molecule has 0 amide bonds. The van der Waals surface area contributed by atoms with E-state index in [1.165, 1.54) is 0 Å². The first kappa shape index (κ1) is 23.6. The summed E-state index contributed by atoms with van der Waals surface area (Å²) in [6.07, 6.45) is 1.57. The number of hydrogen-bond donors (Lipinski definition) is 3. The van der Waals surface area contributed by atoms with E-state index >= 15 is 0 Å². The van der Waals surface area contributed by atoms with Crippen molar-refractivity contribution < 1.29 is 0 Å². The number of aromatic nitrogens is 2. The summed E-state index contributed by atoms with van der Waals surface area (Å²) in [5, 5.41) is 18.2. The van der Waals surface area contributed by atoms with Crippen LogP contribution in [0.2, 0.25) is 0 Å². The summed E-state index contributed by atoms with van der Waals surface area (Å²) in [4.78, 5) is 33.0. The second kappa shape index (κ2) is 9.39. The number of benzene rings is 2. The van der Waals surface area contributed by atoms with Crippen molar-refractivity contribution in [3.63, 3.8) is 0 Å². The third-order valence-corrected chi connectivity index (χ3v) is 5.97. The van der Waals surface area contributed by atoms with Gasteiger partial charge in [-0.05, 0) is 53.8 Å². The summed E-state index contributed by atoms with van der Waals surface area (Å²) in [5.74, 6) is 0.743.